The maximum atomic E-state index is 13.6. The molecule has 1 aromatic rings. The molecule has 0 radical (unpaired) electrons. The highest BCUT2D eigenvalue weighted by Crippen LogP contribution is 2.23. The molecule has 2 rings (SSSR count). The molecular formula is C10H11F2N3O2. The van der Waals surface area contributed by atoms with Gasteiger partial charge < -0.3 is 10.0 Å². The van der Waals surface area contributed by atoms with Crippen LogP contribution in [-0.2, 0) is 4.79 Å². The van der Waals surface area contributed by atoms with E-state index in [1.165, 1.54) is 4.90 Å². The van der Waals surface area contributed by atoms with Gasteiger partial charge >= 0.3 is 5.97 Å². The summed E-state index contributed by atoms with van der Waals surface area (Å²) in [6.45, 7) is 0.269. The van der Waals surface area contributed by atoms with E-state index < -0.39 is 23.9 Å². The van der Waals surface area contributed by atoms with Crippen molar-refractivity contribution in [1.29, 1.82) is 0 Å². The van der Waals surface area contributed by atoms with Crippen molar-refractivity contribution in [2.45, 2.75) is 12.6 Å². The van der Waals surface area contributed by atoms with Crippen LogP contribution in [0.1, 0.15) is 6.42 Å². The standard InChI is InChI=1S/C10H11F2N3O2/c11-6-3-13-10(14-4-6)15-2-1-7(9(16)17)8(12)5-15/h3-4,7-8H,1-2,5H2,(H,16,17)/t7-,8-/m1/s1. The van der Waals surface area contributed by atoms with E-state index in [0.29, 0.717) is 6.54 Å². The van der Waals surface area contributed by atoms with Crippen LogP contribution in [0.15, 0.2) is 12.4 Å². The van der Waals surface area contributed by atoms with Gasteiger partial charge in [-0.05, 0) is 6.42 Å². The summed E-state index contributed by atoms with van der Waals surface area (Å²) in [6.07, 6.45) is 0.726. The number of carbonyl (C=O) groups is 1. The van der Waals surface area contributed by atoms with Gasteiger partial charge in [0.1, 0.15) is 6.17 Å². The third-order valence-electron chi connectivity index (χ3n) is 2.75. The van der Waals surface area contributed by atoms with E-state index in [1.807, 2.05) is 0 Å². The third kappa shape index (κ3) is 2.48. The summed E-state index contributed by atoms with van der Waals surface area (Å²) >= 11 is 0. The lowest BCUT2D eigenvalue weighted by molar-refractivity contribution is -0.144. The van der Waals surface area contributed by atoms with Crippen LogP contribution in [0.5, 0.6) is 0 Å². The molecule has 92 valence electrons. The Morgan fingerprint density at radius 2 is 2.12 bits per heavy atom. The van der Waals surface area contributed by atoms with Crippen LogP contribution in [0.2, 0.25) is 0 Å². The van der Waals surface area contributed by atoms with Crippen molar-refractivity contribution in [3.63, 3.8) is 0 Å². The minimum Gasteiger partial charge on any atom is -0.481 e. The summed E-state index contributed by atoms with van der Waals surface area (Å²) in [4.78, 5) is 19.7. The Hall–Kier alpha value is -1.79. The average molecular weight is 243 g/mol. The van der Waals surface area contributed by atoms with Gasteiger partial charge in [-0.15, -0.1) is 0 Å². The molecule has 0 saturated carbocycles. The summed E-state index contributed by atoms with van der Waals surface area (Å²) < 4.78 is 26.2. The predicted molar refractivity (Wildman–Crippen MR) is 54.8 cm³/mol. The second-order valence-electron chi connectivity index (χ2n) is 3.90. The molecule has 2 heterocycles. The maximum Gasteiger partial charge on any atom is 0.309 e. The van der Waals surface area contributed by atoms with Crippen molar-refractivity contribution in [3.05, 3.63) is 18.2 Å². The second-order valence-corrected chi connectivity index (χ2v) is 3.90. The summed E-state index contributed by atoms with van der Waals surface area (Å²) in [5.41, 5.74) is 0. The fourth-order valence-electron chi connectivity index (χ4n) is 1.83. The quantitative estimate of drug-likeness (QED) is 0.834. The number of alkyl halides is 1. The third-order valence-corrected chi connectivity index (χ3v) is 2.75. The predicted octanol–water partition coefficient (Wildman–Crippen LogP) is 0.865. The number of hydrogen-bond acceptors (Lipinski definition) is 4. The normalized spacial score (nSPS) is 24.7. The average Bonchev–Trinajstić information content (AvgIpc) is 2.29. The van der Waals surface area contributed by atoms with Crippen LogP contribution >= 0.6 is 0 Å². The molecule has 0 aliphatic carbocycles. The molecule has 0 aromatic carbocycles. The fourth-order valence-corrected chi connectivity index (χ4v) is 1.83. The highest BCUT2D eigenvalue weighted by molar-refractivity contribution is 5.71. The number of carboxylic acid groups (broad SMARTS) is 1. The molecule has 1 aliphatic heterocycles. The zero-order valence-electron chi connectivity index (χ0n) is 8.88. The highest BCUT2D eigenvalue weighted by Gasteiger charge is 2.35. The lowest BCUT2D eigenvalue weighted by Gasteiger charge is -2.32. The second kappa shape index (κ2) is 4.60. The van der Waals surface area contributed by atoms with Crippen LogP contribution in [-0.4, -0.2) is 40.3 Å². The Balaban J connectivity index is 2.06. The molecule has 1 saturated heterocycles. The van der Waals surface area contributed by atoms with E-state index in [9.17, 15) is 13.6 Å². The lowest BCUT2D eigenvalue weighted by atomic mass is 9.95. The molecule has 1 N–H and O–H groups in total. The number of aromatic nitrogens is 2. The molecule has 1 aromatic heterocycles. The first-order valence-electron chi connectivity index (χ1n) is 5.17. The van der Waals surface area contributed by atoms with Gasteiger partial charge in [-0.3, -0.25) is 4.79 Å². The Bertz CT molecular complexity index is 413. The Labute approximate surface area is 96.1 Å². The Morgan fingerprint density at radius 3 is 2.65 bits per heavy atom. The molecule has 7 heteroatoms. The number of rotatable bonds is 2. The molecule has 0 spiro atoms. The fraction of sp³-hybridized carbons (Fsp3) is 0.500. The molecule has 2 atom stereocenters. The SMILES string of the molecule is O=C(O)[C@@H]1CCN(c2ncc(F)cn2)C[C@H]1F. The van der Waals surface area contributed by atoms with Gasteiger partial charge in [0.25, 0.3) is 0 Å². The van der Waals surface area contributed by atoms with Crippen LogP contribution in [0.3, 0.4) is 0 Å². The Morgan fingerprint density at radius 1 is 1.47 bits per heavy atom. The molecule has 0 unspecified atom stereocenters. The number of anilines is 1. The van der Waals surface area contributed by atoms with Gasteiger partial charge in [-0.2, -0.15) is 0 Å². The van der Waals surface area contributed by atoms with Crippen LogP contribution < -0.4 is 4.90 Å². The van der Waals surface area contributed by atoms with Crippen LogP contribution in [0.4, 0.5) is 14.7 Å². The molecular weight excluding hydrogens is 232 g/mol. The molecule has 0 amide bonds. The number of carboxylic acids is 1. The number of nitrogens with zero attached hydrogens (tertiary/aromatic N) is 3. The first-order valence-corrected chi connectivity index (χ1v) is 5.17. The molecule has 1 fully saturated rings. The van der Waals surface area contributed by atoms with Crippen LogP contribution in [0.25, 0.3) is 0 Å². The van der Waals surface area contributed by atoms with Gasteiger partial charge in [-0.1, -0.05) is 0 Å². The van der Waals surface area contributed by atoms with Gasteiger partial charge in [0.15, 0.2) is 5.82 Å². The summed E-state index contributed by atoms with van der Waals surface area (Å²) in [7, 11) is 0. The smallest absolute Gasteiger partial charge is 0.309 e. The first-order chi connectivity index (χ1) is 8.08. The maximum absolute atomic E-state index is 13.6. The number of hydrogen-bond donors (Lipinski definition) is 1. The number of piperidine rings is 1. The number of halogens is 2. The minimum atomic E-state index is -1.46. The van der Waals surface area contributed by atoms with Crippen molar-refractivity contribution < 1.29 is 18.7 Å². The van der Waals surface area contributed by atoms with Crippen molar-refractivity contribution in [3.8, 4) is 0 Å². The molecule has 5 nitrogen and oxygen atoms in total. The highest BCUT2D eigenvalue weighted by atomic mass is 19.1. The van der Waals surface area contributed by atoms with Gasteiger partial charge in [-0.25, -0.2) is 18.7 Å². The van der Waals surface area contributed by atoms with E-state index in [0.717, 1.165) is 12.4 Å². The van der Waals surface area contributed by atoms with Crippen molar-refractivity contribution in [1.82, 2.24) is 9.97 Å². The van der Waals surface area contributed by atoms with E-state index in [-0.39, 0.29) is 18.9 Å². The van der Waals surface area contributed by atoms with Crippen molar-refractivity contribution in [2.75, 3.05) is 18.0 Å². The molecule has 1 aliphatic rings. The van der Waals surface area contributed by atoms with E-state index in [2.05, 4.69) is 9.97 Å². The topological polar surface area (TPSA) is 66.3 Å². The largest absolute Gasteiger partial charge is 0.481 e. The molecule has 0 bridgehead atoms. The summed E-state index contributed by atoms with van der Waals surface area (Å²) in [5, 5.41) is 8.76. The van der Waals surface area contributed by atoms with Gasteiger partial charge in [0.05, 0.1) is 24.9 Å². The van der Waals surface area contributed by atoms with E-state index in [1.54, 1.807) is 0 Å². The van der Waals surface area contributed by atoms with Crippen molar-refractivity contribution in [2.24, 2.45) is 5.92 Å². The van der Waals surface area contributed by atoms with Gasteiger partial charge in [0, 0.05) is 6.54 Å². The van der Waals surface area contributed by atoms with E-state index in [4.69, 9.17) is 5.11 Å². The summed E-state index contributed by atoms with van der Waals surface area (Å²) in [5.74, 6) is -2.45. The monoisotopic (exact) mass is 243 g/mol. The lowest BCUT2D eigenvalue weighted by Crippen LogP contribution is -2.45. The Kier molecular flexibility index (Phi) is 3.16. The zero-order chi connectivity index (χ0) is 12.4. The van der Waals surface area contributed by atoms with Crippen molar-refractivity contribution >= 4 is 11.9 Å². The van der Waals surface area contributed by atoms with Gasteiger partial charge in [0.2, 0.25) is 5.95 Å². The summed E-state index contributed by atoms with van der Waals surface area (Å²) in [6, 6.07) is 0. The first kappa shape index (κ1) is 11.7. The zero-order valence-corrected chi connectivity index (χ0v) is 8.88. The molecule has 17 heavy (non-hydrogen) atoms. The number of aliphatic carboxylic acids is 1. The minimum absolute atomic E-state index is 0.0808. The van der Waals surface area contributed by atoms with E-state index >= 15 is 0 Å². The van der Waals surface area contributed by atoms with Crippen LogP contribution in [0, 0.1) is 11.7 Å².